The molecular weight excluding hydrogens is 552 g/mol. The average molecular weight is 599 g/mol. The second kappa shape index (κ2) is 8.87. The average Bonchev–Trinajstić information content (AvgIpc) is 3.67. The number of amides is 1. The van der Waals surface area contributed by atoms with Gasteiger partial charge in [0.1, 0.15) is 24.4 Å². The van der Waals surface area contributed by atoms with Crippen LogP contribution in [0.4, 0.5) is 0 Å². The number of nitrogens with zero attached hydrogens (tertiary/aromatic N) is 2. The summed E-state index contributed by atoms with van der Waals surface area (Å²) in [6.07, 6.45) is -0.319. The Morgan fingerprint density at radius 3 is 2.27 bits per heavy atom. The molecule has 41 heavy (non-hydrogen) atoms. The van der Waals surface area contributed by atoms with E-state index < -0.39 is 58.1 Å². The van der Waals surface area contributed by atoms with Crippen molar-refractivity contribution in [3.63, 3.8) is 0 Å². The maximum absolute atomic E-state index is 14.2. The van der Waals surface area contributed by atoms with Crippen molar-refractivity contribution in [1.82, 2.24) is 9.37 Å². The van der Waals surface area contributed by atoms with Crippen LogP contribution in [-0.2, 0) is 43.3 Å². The molecule has 0 radical (unpaired) electrons. The molecule has 0 aromatic carbocycles. The Morgan fingerprint density at radius 1 is 0.927 bits per heavy atom. The van der Waals surface area contributed by atoms with Crippen LogP contribution in [-0.4, -0.2) is 96.5 Å². The van der Waals surface area contributed by atoms with Crippen LogP contribution in [0.25, 0.3) is 0 Å². The topological polar surface area (TPSA) is 113 Å². The highest BCUT2D eigenvalue weighted by molar-refractivity contribution is 7.90. The molecule has 0 aromatic rings. The van der Waals surface area contributed by atoms with Gasteiger partial charge in [0.2, 0.25) is 10.0 Å². The summed E-state index contributed by atoms with van der Waals surface area (Å²) in [7, 11) is -3.75. The number of carbonyl (C=O) groups is 1. The van der Waals surface area contributed by atoms with Crippen LogP contribution < -0.4 is 0 Å². The van der Waals surface area contributed by atoms with Gasteiger partial charge in [0.15, 0.2) is 23.9 Å². The first kappa shape index (κ1) is 28.9. The highest BCUT2D eigenvalue weighted by Gasteiger charge is 2.73. The molecule has 0 N–H and O–H groups in total. The molecule has 3 unspecified atom stereocenters. The number of fused-ring (bicyclic) bond motifs is 2. The predicted molar refractivity (Wildman–Crippen MR) is 145 cm³/mol. The van der Waals surface area contributed by atoms with E-state index in [4.69, 9.17) is 28.5 Å². The third kappa shape index (κ3) is 4.07. The molecule has 7 fully saturated rings. The van der Waals surface area contributed by atoms with Gasteiger partial charge in [-0.1, -0.05) is 27.7 Å². The minimum absolute atomic E-state index is 0.0428. The molecule has 11 nitrogen and oxygen atoms in total. The molecule has 5 aliphatic heterocycles. The molecule has 5 saturated heterocycles. The molecule has 12 heteroatoms. The van der Waals surface area contributed by atoms with Crippen molar-refractivity contribution < 1.29 is 41.7 Å². The molecule has 1 spiro atoms. The van der Waals surface area contributed by atoms with E-state index in [1.54, 1.807) is 5.06 Å². The first-order chi connectivity index (χ1) is 19.0. The van der Waals surface area contributed by atoms with E-state index in [2.05, 4.69) is 27.7 Å². The van der Waals surface area contributed by atoms with Gasteiger partial charge in [-0.3, -0.25) is 9.63 Å². The summed E-state index contributed by atoms with van der Waals surface area (Å²) in [5, 5.41) is 1.75. The molecule has 5 heterocycles. The highest BCUT2D eigenvalue weighted by Crippen LogP contribution is 2.70. The maximum Gasteiger partial charge on any atom is 0.267 e. The summed E-state index contributed by atoms with van der Waals surface area (Å²) >= 11 is 0. The largest absolute Gasteiger partial charge is 0.349 e. The number of hydroxylamine groups is 2. The van der Waals surface area contributed by atoms with Gasteiger partial charge in [-0.2, -0.15) is 5.06 Å². The third-order valence-corrected chi connectivity index (χ3v) is 13.3. The fourth-order valence-corrected chi connectivity index (χ4v) is 11.8. The minimum atomic E-state index is -3.75. The molecule has 2 aliphatic carbocycles. The van der Waals surface area contributed by atoms with Crippen molar-refractivity contribution >= 4 is 15.9 Å². The van der Waals surface area contributed by atoms with E-state index in [1.165, 1.54) is 4.31 Å². The van der Waals surface area contributed by atoms with Crippen LogP contribution in [0.2, 0.25) is 0 Å². The van der Waals surface area contributed by atoms with Crippen molar-refractivity contribution in [2.24, 2.45) is 22.7 Å². The Morgan fingerprint density at radius 2 is 1.63 bits per heavy atom. The molecule has 7 rings (SSSR count). The lowest BCUT2D eigenvalue weighted by atomic mass is 9.69. The Bertz CT molecular complexity index is 1220. The number of rotatable bonds is 4. The van der Waals surface area contributed by atoms with Gasteiger partial charge in [-0.25, -0.2) is 12.7 Å². The fourth-order valence-electron chi connectivity index (χ4n) is 9.26. The van der Waals surface area contributed by atoms with E-state index in [-0.39, 0.29) is 40.7 Å². The molecular formula is C29H46N2O9S. The molecule has 2 bridgehead atoms. The lowest BCUT2D eigenvalue weighted by Crippen LogP contribution is -2.49. The Kier molecular flexibility index (Phi) is 6.25. The molecule has 10 atom stereocenters. The van der Waals surface area contributed by atoms with Crippen molar-refractivity contribution in [3.05, 3.63) is 0 Å². The summed E-state index contributed by atoms with van der Waals surface area (Å²) in [6.45, 7) is 16.4. The Labute approximate surface area is 243 Å². The Balaban J connectivity index is 1.15. The van der Waals surface area contributed by atoms with E-state index in [0.29, 0.717) is 18.9 Å². The molecule has 2 saturated carbocycles. The molecule has 0 aromatic heterocycles. The third-order valence-electron chi connectivity index (χ3n) is 11.4. The van der Waals surface area contributed by atoms with E-state index in [0.717, 1.165) is 19.3 Å². The summed E-state index contributed by atoms with van der Waals surface area (Å²) in [5.74, 6) is -1.44. The van der Waals surface area contributed by atoms with Gasteiger partial charge in [0, 0.05) is 17.9 Å². The number of carbonyl (C=O) groups excluding carboxylic acids is 1. The summed E-state index contributed by atoms with van der Waals surface area (Å²) in [5.41, 5.74) is -0.494. The van der Waals surface area contributed by atoms with E-state index in [9.17, 15) is 13.2 Å². The van der Waals surface area contributed by atoms with Crippen LogP contribution in [0.5, 0.6) is 0 Å². The first-order valence-corrected chi connectivity index (χ1v) is 16.9. The van der Waals surface area contributed by atoms with Gasteiger partial charge >= 0.3 is 0 Å². The van der Waals surface area contributed by atoms with Crippen molar-refractivity contribution in [2.45, 2.75) is 141 Å². The van der Waals surface area contributed by atoms with Crippen molar-refractivity contribution in [2.75, 3.05) is 12.4 Å². The van der Waals surface area contributed by atoms with Gasteiger partial charge < -0.3 is 23.7 Å². The standard InChI is InChI=1S/C29H46N2O9S/c1-15(2)17-12-18(24(32)31-20-11-16-9-10-29(20,26(16,3)4)14-41(31,33)34)40-30(17)25-23-22(38-28(7,8)39-23)21(36-25)19-13-35-27(5,6)37-19/h15-23,25H,9-14H2,1-8H3/t16?,17-,18-,19-,20?,21+,22+,23?,25-,29-/m1/s1. The Hall–Kier alpha value is -0.860. The second-order valence-corrected chi connectivity index (χ2v) is 17.0. The number of hydrogen-bond acceptors (Lipinski definition) is 10. The zero-order valence-corrected chi connectivity index (χ0v) is 26.3. The van der Waals surface area contributed by atoms with Gasteiger partial charge in [0.25, 0.3) is 5.91 Å². The lowest BCUT2D eigenvalue weighted by molar-refractivity contribution is -0.292. The molecule has 232 valence electrons. The SMILES string of the molecule is CC(C)[C@H]1C[C@H](C(=O)N2C3CC4CC[C@]3(CS2(=O)=O)C4(C)C)ON1[C@@H]1O[C@@H]([C@H]2COC(C)(C)O2)[C@@H]2OC(C)(C)OC21. The number of sulfonamides is 1. The van der Waals surface area contributed by atoms with E-state index >= 15 is 0 Å². The summed E-state index contributed by atoms with van der Waals surface area (Å²) < 4.78 is 59.7. The highest BCUT2D eigenvalue weighted by atomic mass is 32.2. The zero-order valence-electron chi connectivity index (χ0n) is 25.5. The zero-order chi connectivity index (χ0) is 29.5. The van der Waals surface area contributed by atoms with Gasteiger partial charge in [-0.15, -0.1) is 0 Å². The normalized spacial score (nSPS) is 48.8. The van der Waals surface area contributed by atoms with Crippen molar-refractivity contribution in [3.8, 4) is 0 Å². The summed E-state index contributed by atoms with van der Waals surface area (Å²) in [6, 6.07) is -0.482. The number of hydrogen-bond donors (Lipinski definition) is 0. The van der Waals surface area contributed by atoms with Crippen LogP contribution in [0.3, 0.4) is 0 Å². The predicted octanol–water partition coefficient (Wildman–Crippen LogP) is 2.78. The summed E-state index contributed by atoms with van der Waals surface area (Å²) in [4.78, 5) is 20.6. The molecule has 7 aliphatic rings. The minimum Gasteiger partial charge on any atom is -0.349 e. The maximum atomic E-state index is 14.2. The smallest absolute Gasteiger partial charge is 0.267 e. The van der Waals surface area contributed by atoms with E-state index in [1.807, 2.05) is 27.7 Å². The van der Waals surface area contributed by atoms with Gasteiger partial charge in [-0.05, 0) is 64.2 Å². The van der Waals surface area contributed by atoms with Crippen LogP contribution in [0, 0.1) is 22.7 Å². The monoisotopic (exact) mass is 598 g/mol. The quantitative estimate of drug-likeness (QED) is 0.479. The van der Waals surface area contributed by atoms with Crippen LogP contribution >= 0.6 is 0 Å². The van der Waals surface area contributed by atoms with Crippen LogP contribution in [0.1, 0.15) is 81.1 Å². The second-order valence-electron chi connectivity index (χ2n) is 15.2. The molecule has 1 amide bonds. The fraction of sp³-hybridized carbons (Fsp3) is 0.966. The number of ether oxygens (including phenoxy) is 5. The van der Waals surface area contributed by atoms with Crippen LogP contribution in [0.15, 0.2) is 0 Å². The van der Waals surface area contributed by atoms with Crippen molar-refractivity contribution in [1.29, 1.82) is 0 Å². The van der Waals surface area contributed by atoms with Gasteiger partial charge in [0.05, 0.1) is 18.4 Å². The first-order valence-electron chi connectivity index (χ1n) is 15.3. The lowest BCUT2D eigenvalue weighted by Gasteiger charge is -2.37.